The van der Waals surface area contributed by atoms with Crippen molar-refractivity contribution in [2.75, 3.05) is 5.73 Å². The maximum Gasteiger partial charge on any atom is 0.490 e. The first-order valence-electron chi connectivity index (χ1n) is 8.64. The molecule has 21 heteroatoms. The summed E-state index contributed by atoms with van der Waals surface area (Å²) in [5, 5.41) is 10.7. The average Bonchev–Trinajstić information content (AvgIpc) is 2.86. The van der Waals surface area contributed by atoms with E-state index in [9.17, 15) is 37.8 Å². The van der Waals surface area contributed by atoms with E-state index in [1.54, 1.807) is 0 Å². The van der Waals surface area contributed by atoms with Crippen molar-refractivity contribution in [2.45, 2.75) is 43.3 Å². The van der Waals surface area contributed by atoms with Gasteiger partial charge in [0.25, 0.3) is 0 Å². The minimum absolute atomic E-state index is 0.518. The molecule has 3 unspecified atom stereocenters. The van der Waals surface area contributed by atoms with E-state index in [-0.39, 0.29) is 0 Å². The van der Waals surface area contributed by atoms with E-state index in [1.165, 1.54) is 6.92 Å². The quantitative estimate of drug-likeness (QED) is 0.136. The molecule has 0 aromatic carbocycles. The normalized spacial score (nSPS) is 29.5. The van der Waals surface area contributed by atoms with Crippen LogP contribution < -0.4 is 11.4 Å². The second-order valence-corrected chi connectivity index (χ2v) is 11.6. The molecule has 0 radical (unpaired) electrons. The van der Waals surface area contributed by atoms with Crippen LogP contribution in [0.4, 0.5) is 10.2 Å². The first-order valence-corrected chi connectivity index (χ1v) is 13.5. The molecule has 2 rings (SSSR count). The van der Waals surface area contributed by atoms with E-state index in [1.807, 2.05) is 0 Å². The number of nitrogens with two attached hydrogens (primary N) is 1. The second-order valence-electron chi connectivity index (χ2n) is 6.61. The number of aromatic nitrogens is 2. The van der Waals surface area contributed by atoms with Crippen LogP contribution in [-0.4, -0.2) is 57.4 Å². The van der Waals surface area contributed by atoms with Crippen molar-refractivity contribution in [3.63, 3.8) is 0 Å². The Morgan fingerprint density at radius 3 is 2.41 bits per heavy atom. The number of nitrogen functional groups attached to an aromatic ring is 1. The Morgan fingerprint density at radius 1 is 1.29 bits per heavy atom. The maximum absolute atomic E-state index is 13.9. The molecule has 1 aromatic heterocycles. The summed E-state index contributed by atoms with van der Waals surface area (Å²) in [6.07, 6.45) is -6.51. The molecule has 0 bridgehead atoms. The third-order valence-electron chi connectivity index (χ3n) is 4.07. The molecule has 34 heavy (non-hydrogen) atoms. The number of ether oxygens (including phenoxy) is 1. The molecule has 0 aliphatic carbocycles. The van der Waals surface area contributed by atoms with Gasteiger partial charge < -0.3 is 35.2 Å². The number of hydrogen-bond acceptors (Lipinski definition) is 11. The number of halogens is 2. The number of nitrogens with zero attached hydrogens (tertiary/aromatic N) is 2. The van der Waals surface area contributed by atoms with Gasteiger partial charge in [-0.15, -0.1) is 5.92 Å². The molecular weight excluding hydrogens is 554 g/mol. The zero-order valence-corrected chi connectivity index (χ0v) is 20.4. The van der Waals surface area contributed by atoms with Crippen LogP contribution >= 0.6 is 35.1 Å². The summed E-state index contributed by atoms with van der Waals surface area (Å²) in [5.41, 5.74) is 4.08. The largest absolute Gasteiger partial charge is 0.490 e. The molecule has 2 heterocycles. The Labute approximate surface area is 194 Å². The molecule has 0 saturated carbocycles. The minimum atomic E-state index is -5.81. The number of phosphoric acid groups is 3. The van der Waals surface area contributed by atoms with Crippen LogP contribution in [0.5, 0.6) is 0 Å². The van der Waals surface area contributed by atoms with Crippen molar-refractivity contribution in [3.8, 4) is 11.8 Å². The van der Waals surface area contributed by atoms with Crippen LogP contribution in [-0.2, 0) is 31.6 Å². The summed E-state index contributed by atoms with van der Waals surface area (Å²) in [4.78, 5) is 49.4. The lowest BCUT2D eigenvalue weighted by molar-refractivity contribution is -0.0751. The lowest BCUT2D eigenvalue weighted by Gasteiger charge is -2.26. The smallest absolute Gasteiger partial charge is 0.387 e. The minimum Gasteiger partial charge on any atom is -0.387 e. The zero-order chi connectivity index (χ0) is 26.3. The summed E-state index contributed by atoms with van der Waals surface area (Å²) >= 11 is 6.38. The van der Waals surface area contributed by atoms with Crippen LogP contribution in [0.1, 0.15) is 20.1 Å². The molecular formula is C13H18ClFN3O13P3. The van der Waals surface area contributed by atoms with Crippen LogP contribution in [0.2, 0.25) is 0 Å². The highest BCUT2D eigenvalue weighted by Gasteiger charge is 2.58. The van der Waals surface area contributed by atoms with Crippen LogP contribution in [0.15, 0.2) is 11.0 Å². The highest BCUT2D eigenvalue weighted by Crippen LogP contribution is 2.66. The molecule has 7 atom stereocenters. The fourth-order valence-electron chi connectivity index (χ4n) is 2.86. The lowest BCUT2D eigenvalue weighted by atomic mass is 9.96. The standard InChI is InChI=1S/C13H18ClFN3O13P3/c1-3-4-13(14)9(19)8(28-11(13)18-5-7(15)10(16)17-12(18)20)6(2)29-33(24,25)31-34(26,27)30-32(21,22)23/h5-6,8-9,11,19H,1-2H3,(H,24,25)(H,26,27)(H2,16,17,20)(H2,21,22,23)/t6-,8+,9-,11+,13?/m0/s1. The zero-order valence-electron chi connectivity index (χ0n) is 17.0. The van der Waals surface area contributed by atoms with E-state index in [0.29, 0.717) is 10.8 Å². The van der Waals surface area contributed by atoms with Crippen molar-refractivity contribution in [1.82, 2.24) is 9.55 Å². The van der Waals surface area contributed by atoms with Crippen LogP contribution in [0.25, 0.3) is 0 Å². The third kappa shape index (κ3) is 6.71. The highest BCUT2D eigenvalue weighted by molar-refractivity contribution is 7.66. The van der Waals surface area contributed by atoms with Gasteiger partial charge in [-0.3, -0.25) is 9.09 Å². The van der Waals surface area contributed by atoms with Crippen LogP contribution in [0.3, 0.4) is 0 Å². The number of alkyl halides is 1. The predicted molar refractivity (Wildman–Crippen MR) is 109 cm³/mol. The van der Waals surface area contributed by atoms with Crippen molar-refractivity contribution in [2.24, 2.45) is 0 Å². The summed E-state index contributed by atoms with van der Waals surface area (Å²) in [6.45, 7) is 2.30. The first kappa shape index (κ1) is 29.0. The van der Waals surface area contributed by atoms with Crippen molar-refractivity contribution >= 4 is 40.9 Å². The van der Waals surface area contributed by atoms with Gasteiger partial charge in [0.15, 0.2) is 22.7 Å². The number of anilines is 1. The fourth-order valence-corrected chi connectivity index (χ4v) is 6.44. The van der Waals surface area contributed by atoms with Gasteiger partial charge >= 0.3 is 29.2 Å². The number of aliphatic hydroxyl groups is 1. The molecule has 1 aliphatic rings. The van der Waals surface area contributed by atoms with Crippen LogP contribution in [0, 0.1) is 17.7 Å². The Bertz CT molecular complexity index is 1210. The van der Waals surface area contributed by atoms with E-state index in [4.69, 9.17) is 31.9 Å². The van der Waals surface area contributed by atoms with Gasteiger partial charge in [-0.25, -0.2) is 22.9 Å². The average molecular weight is 572 g/mol. The predicted octanol–water partition coefficient (Wildman–Crippen LogP) is -0.0444. The maximum atomic E-state index is 13.9. The van der Waals surface area contributed by atoms with E-state index in [0.717, 1.165) is 6.92 Å². The van der Waals surface area contributed by atoms with Gasteiger partial charge in [-0.2, -0.15) is 13.6 Å². The summed E-state index contributed by atoms with van der Waals surface area (Å²) < 4.78 is 66.0. The number of phosphoric ester groups is 1. The van der Waals surface area contributed by atoms with Gasteiger partial charge in [0, 0.05) is 0 Å². The van der Waals surface area contributed by atoms with E-state index < -0.39 is 70.2 Å². The molecule has 192 valence electrons. The van der Waals surface area contributed by atoms with Crippen molar-refractivity contribution in [1.29, 1.82) is 0 Å². The Hall–Kier alpha value is -1.21. The molecule has 1 aliphatic heterocycles. The monoisotopic (exact) mass is 571 g/mol. The highest BCUT2D eigenvalue weighted by atomic mass is 35.5. The van der Waals surface area contributed by atoms with Gasteiger partial charge in [0.2, 0.25) is 0 Å². The number of aliphatic hydroxyl groups excluding tert-OH is 1. The first-order chi connectivity index (χ1) is 15.3. The van der Waals surface area contributed by atoms with Crippen molar-refractivity contribution < 1.29 is 60.6 Å². The molecule has 16 nitrogen and oxygen atoms in total. The second kappa shape index (κ2) is 10.0. The topological polar surface area (TPSA) is 250 Å². The number of rotatable bonds is 8. The lowest BCUT2D eigenvalue weighted by Crippen LogP contribution is -2.45. The SMILES string of the molecule is CC#CC1(Cl)[C@@H](O)[C@@H]([C@H](C)OP(=O)(O)OP(=O)(O)OP(=O)(O)O)O[C@H]1n1cc(F)c(N)nc1=O. The van der Waals surface area contributed by atoms with Gasteiger partial charge in [-0.05, 0) is 13.8 Å². The van der Waals surface area contributed by atoms with Gasteiger partial charge in [0.05, 0.1) is 12.3 Å². The summed E-state index contributed by atoms with van der Waals surface area (Å²) in [5.74, 6) is 2.88. The van der Waals surface area contributed by atoms with Gasteiger partial charge in [-0.1, -0.05) is 17.5 Å². The third-order valence-corrected chi connectivity index (χ3v) is 8.50. The Balaban J connectivity index is 2.35. The Kier molecular flexibility index (Phi) is 8.57. The molecule has 1 aromatic rings. The van der Waals surface area contributed by atoms with Crippen molar-refractivity contribution in [3.05, 3.63) is 22.5 Å². The molecule has 1 saturated heterocycles. The van der Waals surface area contributed by atoms with E-state index in [2.05, 4.69) is 30.0 Å². The molecule has 0 amide bonds. The Morgan fingerprint density at radius 2 is 1.88 bits per heavy atom. The van der Waals surface area contributed by atoms with Gasteiger partial charge in [0.1, 0.15) is 12.2 Å². The molecule has 7 N–H and O–H groups in total. The van der Waals surface area contributed by atoms with E-state index >= 15 is 0 Å². The summed E-state index contributed by atoms with van der Waals surface area (Å²) in [7, 11) is -17.0. The fraction of sp³-hybridized carbons (Fsp3) is 0.538. The number of hydrogen-bond donors (Lipinski definition) is 6. The molecule has 0 spiro atoms. The molecule has 1 fully saturated rings. The summed E-state index contributed by atoms with van der Waals surface area (Å²) in [6, 6.07) is 0.